The van der Waals surface area contributed by atoms with Crippen LogP contribution < -0.4 is 5.32 Å². The maximum atomic E-state index is 12.2. The van der Waals surface area contributed by atoms with Crippen LogP contribution in [0.5, 0.6) is 0 Å². The van der Waals surface area contributed by atoms with Crippen molar-refractivity contribution in [1.29, 1.82) is 0 Å². The van der Waals surface area contributed by atoms with Crippen molar-refractivity contribution in [2.24, 2.45) is 0 Å². The molecule has 1 N–H and O–H groups in total. The Morgan fingerprint density at radius 3 is 2.63 bits per heavy atom. The number of hydrogen-bond acceptors (Lipinski definition) is 4. The molecule has 0 bridgehead atoms. The lowest BCUT2D eigenvalue weighted by atomic mass is 10.1. The fraction of sp³-hybridized carbons (Fsp3) is 0.286. The number of benzene rings is 1. The van der Waals surface area contributed by atoms with Gasteiger partial charge in [0.2, 0.25) is 0 Å². The van der Waals surface area contributed by atoms with Crippen molar-refractivity contribution in [3.63, 3.8) is 0 Å². The van der Waals surface area contributed by atoms with Crippen molar-refractivity contribution in [3.05, 3.63) is 46.8 Å². The summed E-state index contributed by atoms with van der Waals surface area (Å²) in [6.45, 7) is 5.61. The highest BCUT2D eigenvalue weighted by Gasteiger charge is 2.19. The predicted octanol–water partition coefficient (Wildman–Crippen LogP) is 3.07. The van der Waals surface area contributed by atoms with Crippen LogP contribution >= 0.6 is 12.6 Å². The molecule has 0 spiro atoms. The Balaban J connectivity index is 2.18. The van der Waals surface area contributed by atoms with E-state index in [0.29, 0.717) is 10.5 Å². The summed E-state index contributed by atoms with van der Waals surface area (Å²) in [5.41, 5.74) is 2.28. The molecule has 0 aliphatic heterocycles. The van der Waals surface area contributed by atoms with Gasteiger partial charge in [-0.2, -0.15) is 0 Å². The van der Waals surface area contributed by atoms with Crippen molar-refractivity contribution in [2.75, 3.05) is 0 Å². The van der Waals surface area contributed by atoms with Gasteiger partial charge in [-0.1, -0.05) is 17.3 Å². The number of nitrogens with zero attached hydrogens (tertiary/aromatic N) is 1. The third-order valence-electron chi connectivity index (χ3n) is 3.02. The first-order chi connectivity index (χ1) is 9.00. The molecule has 1 aromatic carbocycles. The third kappa shape index (κ3) is 2.81. The fourth-order valence-corrected chi connectivity index (χ4v) is 2.38. The fourth-order valence-electron chi connectivity index (χ4n) is 2.12. The van der Waals surface area contributed by atoms with Gasteiger partial charge in [-0.05, 0) is 32.9 Å². The highest BCUT2D eigenvalue weighted by atomic mass is 32.1. The number of aromatic nitrogens is 1. The summed E-state index contributed by atoms with van der Waals surface area (Å²) in [5, 5.41) is 6.83. The second-order valence-electron chi connectivity index (χ2n) is 4.45. The van der Waals surface area contributed by atoms with Crippen LogP contribution in [-0.4, -0.2) is 11.1 Å². The van der Waals surface area contributed by atoms with E-state index in [-0.39, 0.29) is 11.9 Å². The average molecular weight is 276 g/mol. The predicted molar refractivity (Wildman–Crippen MR) is 75.6 cm³/mol. The highest BCUT2D eigenvalue weighted by Crippen LogP contribution is 2.22. The molecule has 0 saturated heterocycles. The Hall–Kier alpha value is -1.75. The van der Waals surface area contributed by atoms with Crippen molar-refractivity contribution >= 4 is 18.5 Å². The van der Waals surface area contributed by atoms with Crippen LogP contribution in [-0.2, 0) is 0 Å². The Morgan fingerprint density at radius 2 is 2.05 bits per heavy atom. The monoisotopic (exact) mass is 276 g/mol. The van der Waals surface area contributed by atoms with Gasteiger partial charge in [0.05, 0.1) is 17.3 Å². The number of carbonyl (C=O) groups is 1. The molecule has 0 fully saturated rings. The molecular formula is C14H16N2O2S. The quantitative estimate of drug-likeness (QED) is 0.847. The third-order valence-corrected chi connectivity index (χ3v) is 3.41. The van der Waals surface area contributed by atoms with Gasteiger partial charge in [-0.25, -0.2) is 0 Å². The van der Waals surface area contributed by atoms with E-state index in [9.17, 15) is 4.79 Å². The second-order valence-corrected chi connectivity index (χ2v) is 4.93. The van der Waals surface area contributed by atoms with E-state index in [4.69, 9.17) is 4.52 Å². The minimum absolute atomic E-state index is 0.155. The molecule has 2 rings (SSSR count). The van der Waals surface area contributed by atoms with Crippen molar-refractivity contribution in [3.8, 4) is 0 Å². The minimum Gasteiger partial charge on any atom is -0.361 e. The summed E-state index contributed by atoms with van der Waals surface area (Å²) in [7, 11) is 0. The summed E-state index contributed by atoms with van der Waals surface area (Å²) in [4.78, 5) is 12.8. The van der Waals surface area contributed by atoms with E-state index in [1.807, 2.05) is 32.9 Å². The van der Waals surface area contributed by atoms with Gasteiger partial charge in [0.25, 0.3) is 5.91 Å². The van der Waals surface area contributed by atoms with Crippen molar-refractivity contribution in [2.45, 2.75) is 31.7 Å². The molecule has 0 saturated carbocycles. The number of hydrogen-bond donors (Lipinski definition) is 2. The van der Waals surface area contributed by atoms with Crippen molar-refractivity contribution in [1.82, 2.24) is 10.5 Å². The van der Waals surface area contributed by atoms with E-state index in [0.717, 1.165) is 17.0 Å². The molecule has 1 unspecified atom stereocenters. The van der Waals surface area contributed by atoms with Crippen LogP contribution in [0.25, 0.3) is 0 Å². The smallest absolute Gasteiger partial charge is 0.252 e. The molecule has 2 aromatic rings. The zero-order valence-electron chi connectivity index (χ0n) is 11.1. The Labute approximate surface area is 117 Å². The Bertz CT molecular complexity index is 588. The van der Waals surface area contributed by atoms with E-state index >= 15 is 0 Å². The van der Waals surface area contributed by atoms with Crippen LogP contribution in [0.3, 0.4) is 0 Å². The summed E-state index contributed by atoms with van der Waals surface area (Å²) in [5.74, 6) is 0.572. The lowest BCUT2D eigenvalue weighted by Crippen LogP contribution is -2.27. The van der Waals surface area contributed by atoms with Crippen LogP contribution in [0, 0.1) is 13.8 Å². The minimum atomic E-state index is -0.160. The number of carbonyl (C=O) groups excluding carboxylic acids is 1. The molecule has 1 amide bonds. The summed E-state index contributed by atoms with van der Waals surface area (Å²) in [6, 6.07) is 7.04. The van der Waals surface area contributed by atoms with Crippen LogP contribution in [0.2, 0.25) is 0 Å². The van der Waals surface area contributed by atoms with E-state index in [1.54, 1.807) is 12.1 Å². The average Bonchev–Trinajstić information content (AvgIpc) is 2.69. The number of thiol groups is 1. The van der Waals surface area contributed by atoms with E-state index < -0.39 is 0 Å². The number of amides is 1. The number of rotatable bonds is 3. The van der Waals surface area contributed by atoms with Gasteiger partial charge in [0.1, 0.15) is 5.76 Å². The molecule has 19 heavy (non-hydrogen) atoms. The van der Waals surface area contributed by atoms with Gasteiger partial charge < -0.3 is 9.84 Å². The van der Waals surface area contributed by atoms with Gasteiger partial charge in [-0.3, -0.25) is 4.79 Å². The van der Waals surface area contributed by atoms with E-state index in [2.05, 4.69) is 23.1 Å². The molecule has 0 aliphatic carbocycles. The largest absolute Gasteiger partial charge is 0.361 e. The lowest BCUT2D eigenvalue weighted by molar-refractivity contribution is 0.0937. The van der Waals surface area contributed by atoms with Gasteiger partial charge in [0, 0.05) is 10.5 Å². The summed E-state index contributed by atoms with van der Waals surface area (Å²) >= 11 is 4.28. The molecular weight excluding hydrogens is 260 g/mol. The number of nitrogens with one attached hydrogen (secondary N) is 1. The molecule has 100 valence electrons. The molecule has 4 nitrogen and oxygen atoms in total. The second kappa shape index (κ2) is 5.48. The highest BCUT2D eigenvalue weighted by molar-refractivity contribution is 7.80. The summed E-state index contributed by atoms with van der Waals surface area (Å²) < 4.78 is 5.11. The topological polar surface area (TPSA) is 55.1 Å². The van der Waals surface area contributed by atoms with Gasteiger partial charge >= 0.3 is 0 Å². The lowest BCUT2D eigenvalue weighted by Gasteiger charge is -2.14. The van der Waals surface area contributed by atoms with E-state index in [1.165, 1.54) is 0 Å². The molecule has 1 aromatic heterocycles. The van der Waals surface area contributed by atoms with Gasteiger partial charge in [-0.15, -0.1) is 12.6 Å². The molecule has 5 heteroatoms. The molecule has 1 atom stereocenters. The zero-order chi connectivity index (χ0) is 14.0. The van der Waals surface area contributed by atoms with Crippen LogP contribution in [0.1, 0.15) is 40.3 Å². The molecule has 0 radical (unpaired) electrons. The van der Waals surface area contributed by atoms with Gasteiger partial charge in [0.15, 0.2) is 0 Å². The Morgan fingerprint density at radius 1 is 1.37 bits per heavy atom. The Kier molecular flexibility index (Phi) is 3.95. The SMILES string of the molecule is Cc1noc(C)c1C(C)NC(=O)c1ccccc1S. The first kappa shape index (κ1) is 13.7. The first-order valence-corrected chi connectivity index (χ1v) is 6.47. The number of aryl methyl sites for hydroxylation is 2. The molecule has 0 aliphatic rings. The van der Waals surface area contributed by atoms with Crippen LogP contribution in [0.4, 0.5) is 0 Å². The maximum absolute atomic E-state index is 12.2. The normalized spacial score (nSPS) is 12.2. The zero-order valence-corrected chi connectivity index (χ0v) is 12.0. The molecule has 1 heterocycles. The first-order valence-electron chi connectivity index (χ1n) is 6.02. The maximum Gasteiger partial charge on any atom is 0.252 e. The summed E-state index contributed by atoms with van der Waals surface area (Å²) in [6.07, 6.45) is 0. The van der Waals surface area contributed by atoms with Crippen molar-refractivity contribution < 1.29 is 9.32 Å². The van der Waals surface area contributed by atoms with Crippen LogP contribution in [0.15, 0.2) is 33.7 Å². The standard InChI is InChI=1S/C14H16N2O2S/c1-8(13-9(2)16-18-10(13)3)15-14(17)11-6-4-5-7-12(11)19/h4-8,19H,1-3H3,(H,15,17).